The summed E-state index contributed by atoms with van der Waals surface area (Å²) < 4.78 is 0. The predicted molar refractivity (Wildman–Crippen MR) is 95.6 cm³/mol. The fourth-order valence-corrected chi connectivity index (χ4v) is 3.03. The van der Waals surface area contributed by atoms with Gasteiger partial charge in [0.2, 0.25) is 0 Å². The second kappa shape index (κ2) is 7.32. The molecule has 0 aliphatic carbocycles. The lowest BCUT2D eigenvalue weighted by Crippen LogP contribution is -2.30. The number of benzene rings is 2. The molecular weight excluding hydrogens is 313 g/mol. The van der Waals surface area contributed by atoms with E-state index in [4.69, 9.17) is 23.2 Å². The molecule has 0 saturated heterocycles. The van der Waals surface area contributed by atoms with Crippen LogP contribution in [0.15, 0.2) is 54.6 Å². The van der Waals surface area contributed by atoms with Crippen LogP contribution in [0.5, 0.6) is 0 Å². The molecule has 0 amide bonds. The molecular formula is C19H19Cl2N. The van der Waals surface area contributed by atoms with E-state index in [2.05, 4.69) is 35.2 Å². The van der Waals surface area contributed by atoms with Crippen LogP contribution in [0.3, 0.4) is 0 Å². The standard InChI is InChI=1S/C19H19Cl2N/c20-18-5-1-15(2-6-18)9-12-22-13-10-17(11-14-22)16-3-7-19(21)8-4-16/h1-8,10H,9,11-14H2. The van der Waals surface area contributed by atoms with E-state index < -0.39 is 0 Å². The minimum atomic E-state index is 0.796. The van der Waals surface area contributed by atoms with Gasteiger partial charge in [-0.3, -0.25) is 4.90 Å². The first-order valence-electron chi connectivity index (χ1n) is 7.62. The highest BCUT2D eigenvalue weighted by molar-refractivity contribution is 6.30. The van der Waals surface area contributed by atoms with Crippen LogP contribution in [-0.2, 0) is 6.42 Å². The third kappa shape index (κ3) is 4.13. The predicted octanol–water partition coefficient (Wildman–Crippen LogP) is 5.33. The van der Waals surface area contributed by atoms with Crippen molar-refractivity contribution in [3.05, 3.63) is 75.8 Å². The number of rotatable bonds is 4. The lowest BCUT2D eigenvalue weighted by molar-refractivity contribution is 0.306. The summed E-state index contributed by atoms with van der Waals surface area (Å²) in [6.07, 6.45) is 4.51. The average molecular weight is 332 g/mol. The maximum Gasteiger partial charge on any atom is 0.0406 e. The van der Waals surface area contributed by atoms with Crippen LogP contribution in [0.4, 0.5) is 0 Å². The van der Waals surface area contributed by atoms with Crippen LogP contribution in [0.25, 0.3) is 5.57 Å². The second-order valence-corrected chi connectivity index (χ2v) is 6.54. The van der Waals surface area contributed by atoms with Gasteiger partial charge < -0.3 is 0 Å². The Labute approximate surface area is 142 Å². The second-order valence-electron chi connectivity index (χ2n) is 5.66. The van der Waals surface area contributed by atoms with Gasteiger partial charge in [-0.1, -0.05) is 53.5 Å². The van der Waals surface area contributed by atoms with Crippen molar-refractivity contribution in [3.8, 4) is 0 Å². The van der Waals surface area contributed by atoms with Crippen LogP contribution in [0, 0.1) is 0 Å². The van der Waals surface area contributed by atoms with E-state index in [9.17, 15) is 0 Å². The third-order valence-electron chi connectivity index (χ3n) is 4.14. The first-order chi connectivity index (χ1) is 10.7. The molecule has 0 unspecified atom stereocenters. The fourth-order valence-electron chi connectivity index (χ4n) is 2.78. The summed E-state index contributed by atoms with van der Waals surface area (Å²) in [4.78, 5) is 2.49. The molecule has 0 saturated carbocycles. The van der Waals surface area contributed by atoms with Gasteiger partial charge in [0, 0.05) is 29.7 Å². The lowest BCUT2D eigenvalue weighted by Gasteiger charge is -2.26. The van der Waals surface area contributed by atoms with Crippen LogP contribution in [-0.4, -0.2) is 24.5 Å². The summed E-state index contributed by atoms with van der Waals surface area (Å²) in [5.41, 5.74) is 4.07. The summed E-state index contributed by atoms with van der Waals surface area (Å²) in [5, 5.41) is 1.60. The molecule has 3 heteroatoms. The largest absolute Gasteiger partial charge is 0.299 e. The topological polar surface area (TPSA) is 3.24 Å². The number of hydrogen-bond acceptors (Lipinski definition) is 1. The monoisotopic (exact) mass is 331 g/mol. The molecule has 1 aliphatic heterocycles. The molecule has 2 aromatic carbocycles. The quantitative estimate of drug-likeness (QED) is 0.732. The van der Waals surface area contributed by atoms with Crippen molar-refractivity contribution >= 4 is 28.8 Å². The van der Waals surface area contributed by atoms with Gasteiger partial charge in [-0.2, -0.15) is 0 Å². The minimum Gasteiger partial charge on any atom is -0.299 e. The maximum absolute atomic E-state index is 5.95. The highest BCUT2D eigenvalue weighted by Gasteiger charge is 2.12. The zero-order chi connectivity index (χ0) is 15.4. The molecule has 0 aromatic heterocycles. The Morgan fingerprint density at radius 1 is 0.864 bits per heavy atom. The van der Waals surface area contributed by atoms with Gasteiger partial charge in [0.25, 0.3) is 0 Å². The molecule has 0 radical (unpaired) electrons. The van der Waals surface area contributed by atoms with Crippen molar-refractivity contribution in [2.45, 2.75) is 12.8 Å². The average Bonchev–Trinajstić information content (AvgIpc) is 2.56. The Bertz CT molecular complexity index is 644. The fraction of sp³-hybridized carbons (Fsp3) is 0.263. The molecule has 0 atom stereocenters. The number of halogens is 2. The Morgan fingerprint density at radius 3 is 2.09 bits per heavy atom. The molecule has 1 nitrogen and oxygen atoms in total. The van der Waals surface area contributed by atoms with Crippen LogP contribution in [0.2, 0.25) is 10.0 Å². The highest BCUT2D eigenvalue weighted by atomic mass is 35.5. The molecule has 2 aromatic rings. The molecule has 22 heavy (non-hydrogen) atoms. The summed E-state index contributed by atoms with van der Waals surface area (Å²) in [6, 6.07) is 16.3. The molecule has 1 heterocycles. The highest BCUT2D eigenvalue weighted by Crippen LogP contribution is 2.23. The van der Waals surface area contributed by atoms with Crippen molar-refractivity contribution in [2.24, 2.45) is 0 Å². The molecule has 0 spiro atoms. The zero-order valence-electron chi connectivity index (χ0n) is 12.4. The Kier molecular flexibility index (Phi) is 5.20. The van der Waals surface area contributed by atoms with Gasteiger partial charge in [-0.05, 0) is 53.8 Å². The number of nitrogens with zero attached hydrogens (tertiary/aromatic N) is 1. The maximum atomic E-state index is 5.95. The van der Waals surface area contributed by atoms with E-state index in [0.717, 1.165) is 42.5 Å². The van der Waals surface area contributed by atoms with Gasteiger partial charge >= 0.3 is 0 Å². The van der Waals surface area contributed by atoms with Crippen molar-refractivity contribution in [2.75, 3.05) is 19.6 Å². The van der Waals surface area contributed by atoms with E-state index in [1.807, 2.05) is 24.3 Å². The molecule has 1 aliphatic rings. The van der Waals surface area contributed by atoms with E-state index in [1.54, 1.807) is 0 Å². The van der Waals surface area contributed by atoms with Crippen molar-refractivity contribution in [3.63, 3.8) is 0 Å². The minimum absolute atomic E-state index is 0.796. The summed E-state index contributed by atoms with van der Waals surface area (Å²) in [7, 11) is 0. The summed E-state index contributed by atoms with van der Waals surface area (Å²) in [6.45, 7) is 3.22. The van der Waals surface area contributed by atoms with Crippen molar-refractivity contribution in [1.82, 2.24) is 4.90 Å². The molecule has 0 fully saturated rings. The summed E-state index contributed by atoms with van der Waals surface area (Å²) >= 11 is 11.9. The zero-order valence-corrected chi connectivity index (χ0v) is 13.9. The van der Waals surface area contributed by atoms with Crippen molar-refractivity contribution < 1.29 is 0 Å². The lowest BCUT2D eigenvalue weighted by atomic mass is 9.99. The molecule has 114 valence electrons. The van der Waals surface area contributed by atoms with E-state index >= 15 is 0 Å². The first kappa shape index (κ1) is 15.6. The van der Waals surface area contributed by atoms with Crippen molar-refractivity contribution in [1.29, 1.82) is 0 Å². The van der Waals surface area contributed by atoms with E-state index in [0.29, 0.717) is 0 Å². The first-order valence-corrected chi connectivity index (χ1v) is 8.38. The van der Waals surface area contributed by atoms with Crippen LogP contribution < -0.4 is 0 Å². The van der Waals surface area contributed by atoms with Gasteiger partial charge in [0.1, 0.15) is 0 Å². The third-order valence-corrected chi connectivity index (χ3v) is 4.64. The van der Waals surface area contributed by atoms with Gasteiger partial charge in [-0.15, -0.1) is 0 Å². The number of hydrogen-bond donors (Lipinski definition) is 0. The van der Waals surface area contributed by atoms with Gasteiger partial charge in [0.15, 0.2) is 0 Å². The Hall–Kier alpha value is -1.28. The van der Waals surface area contributed by atoms with Gasteiger partial charge in [0.05, 0.1) is 0 Å². The van der Waals surface area contributed by atoms with Crippen LogP contribution in [0.1, 0.15) is 17.5 Å². The van der Waals surface area contributed by atoms with Crippen LogP contribution >= 0.6 is 23.2 Å². The van der Waals surface area contributed by atoms with Gasteiger partial charge in [-0.25, -0.2) is 0 Å². The smallest absolute Gasteiger partial charge is 0.0406 e. The normalized spacial score (nSPS) is 15.6. The molecule has 3 rings (SSSR count). The van der Waals surface area contributed by atoms with E-state index in [-0.39, 0.29) is 0 Å². The molecule has 0 bridgehead atoms. The van der Waals surface area contributed by atoms with E-state index in [1.165, 1.54) is 16.7 Å². The molecule has 0 N–H and O–H groups in total. The SMILES string of the molecule is Clc1ccc(CCN2CC=C(c3ccc(Cl)cc3)CC2)cc1. The Balaban J connectivity index is 1.54. The summed E-state index contributed by atoms with van der Waals surface area (Å²) in [5.74, 6) is 0. The Morgan fingerprint density at radius 2 is 1.50 bits per heavy atom.